The van der Waals surface area contributed by atoms with Crippen LogP contribution in [0.4, 0.5) is 0 Å². The normalized spacial score (nSPS) is 15.2. The number of ether oxygens (including phenoxy) is 1. The summed E-state index contributed by atoms with van der Waals surface area (Å²) in [5.74, 6) is 0.180. The van der Waals surface area contributed by atoms with E-state index in [-0.39, 0.29) is 11.9 Å². The van der Waals surface area contributed by atoms with Gasteiger partial charge in [-0.2, -0.15) is 0 Å². The fraction of sp³-hybridized carbons (Fsp3) is 0.200. The van der Waals surface area contributed by atoms with Crippen molar-refractivity contribution in [1.82, 2.24) is 9.55 Å². The number of hydrogen-bond acceptors (Lipinski definition) is 3. The Balaban J connectivity index is 1.23. The lowest BCUT2D eigenvalue weighted by Gasteiger charge is -2.37. The molecule has 4 nitrogen and oxygen atoms in total. The molecule has 0 fully saturated rings. The Bertz CT molecular complexity index is 1430. The molecule has 1 aliphatic rings. The van der Waals surface area contributed by atoms with Crippen molar-refractivity contribution in [3.63, 3.8) is 0 Å². The number of fused-ring (bicyclic) bond motifs is 1. The Morgan fingerprint density at radius 1 is 0.744 bits per heavy atom. The highest BCUT2D eigenvalue weighted by molar-refractivity contribution is 5.98. The molecule has 0 saturated carbocycles. The molecule has 1 heterocycles. The van der Waals surface area contributed by atoms with Gasteiger partial charge in [0.2, 0.25) is 0 Å². The summed E-state index contributed by atoms with van der Waals surface area (Å²) < 4.78 is 8.41. The van der Waals surface area contributed by atoms with Crippen LogP contribution in [0.25, 0.3) is 0 Å². The zero-order valence-electron chi connectivity index (χ0n) is 21.9. The van der Waals surface area contributed by atoms with Gasteiger partial charge in [-0.05, 0) is 41.5 Å². The van der Waals surface area contributed by atoms with E-state index < -0.39 is 5.54 Å². The van der Waals surface area contributed by atoms with Gasteiger partial charge in [-0.15, -0.1) is 0 Å². The molecule has 5 aromatic rings. The molecule has 1 aliphatic carbocycles. The largest absolute Gasteiger partial charge is 0.377 e. The summed E-state index contributed by atoms with van der Waals surface area (Å²) in [6.07, 6.45) is 6.99. The number of hydrogen-bond donors (Lipinski definition) is 0. The molecule has 0 spiro atoms. The van der Waals surface area contributed by atoms with E-state index in [1.807, 2.05) is 30.6 Å². The number of carbonyl (C=O) groups excluding carboxylic acids is 1. The van der Waals surface area contributed by atoms with E-state index in [1.165, 1.54) is 16.7 Å². The van der Waals surface area contributed by atoms with Gasteiger partial charge in [-0.25, -0.2) is 4.98 Å². The van der Waals surface area contributed by atoms with Gasteiger partial charge in [0.1, 0.15) is 5.54 Å². The van der Waals surface area contributed by atoms with Crippen LogP contribution in [0.5, 0.6) is 0 Å². The Morgan fingerprint density at radius 2 is 1.31 bits per heavy atom. The van der Waals surface area contributed by atoms with Crippen molar-refractivity contribution < 1.29 is 9.53 Å². The fourth-order valence-electron chi connectivity index (χ4n) is 5.89. The van der Waals surface area contributed by atoms with Gasteiger partial charge in [0.05, 0.1) is 18.1 Å². The number of aromatic nitrogens is 2. The van der Waals surface area contributed by atoms with Gasteiger partial charge in [0.25, 0.3) is 0 Å². The fourth-order valence-corrected chi connectivity index (χ4v) is 5.89. The van der Waals surface area contributed by atoms with E-state index in [9.17, 15) is 4.79 Å². The first kappa shape index (κ1) is 25.0. The molecule has 0 amide bonds. The third kappa shape index (κ3) is 4.96. The molecule has 0 N–H and O–H groups in total. The van der Waals surface area contributed by atoms with Gasteiger partial charge in [-0.3, -0.25) is 4.79 Å². The minimum absolute atomic E-state index is 0.0492. The second-order valence-electron chi connectivity index (χ2n) is 10.2. The quantitative estimate of drug-likeness (QED) is 0.160. The number of imidazole rings is 1. The highest BCUT2D eigenvalue weighted by Crippen LogP contribution is 2.40. The number of ketones is 1. The minimum atomic E-state index is -0.554. The molecule has 4 heteroatoms. The lowest BCUT2D eigenvalue weighted by molar-refractivity contribution is 0.0398. The summed E-state index contributed by atoms with van der Waals surface area (Å²) in [6, 6.07) is 39.8. The Kier molecular flexibility index (Phi) is 7.20. The Hall–Kier alpha value is -4.28. The SMILES string of the molecule is O=C1CC(OCCCc2cn(C(c3ccccc3)(c3ccccc3)c3ccccc3)cn2)Cc2ccccc21. The maximum absolute atomic E-state index is 12.5. The number of nitrogens with zero attached hydrogens (tertiary/aromatic N) is 2. The summed E-state index contributed by atoms with van der Waals surface area (Å²) in [6.45, 7) is 0.605. The van der Waals surface area contributed by atoms with Crippen LogP contribution in [0.3, 0.4) is 0 Å². The molecule has 4 aromatic carbocycles. The summed E-state index contributed by atoms with van der Waals surface area (Å²) in [4.78, 5) is 17.3. The van der Waals surface area contributed by atoms with E-state index in [2.05, 4.69) is 102 Å². The predicted octanol–water partition coefficient (Wildman–Crippen LogP) is 6.87. The van der Waals surface area contributed by atoms with Crippen molar-refractivity contribution >= 4 is 5.78 Å². The van der Waals surface area contributed by atoms with Crippen molar-refractivity contribution in [2.45, 2.75) is 37.3 Å². The first-order valence-electron chi connectivity index (χ1n) is 13.7. The maximum atomic E-state index is 12.5. The number of Topliss-reactive ketones (excluding diaryl/α,β-unsaturated/α-hetero) is 1. The molecule has 0 aliphatic heterocycles. The monoisotopic (exact) mass is 512 g/mol. The first-order chi connectivity index (χ1) is 19.2. The predicted molar refractivity (Wildman–Crippen MR) is 154 cm³/mol. The molecule has 0 radical (unpaired) electrons. The molecule has 6 rings (SSSR count). The zero-order chi connectivity index (χ0) is 26.5. The van der Waals surface area contributed by atoms with Crippen LogP contribution < -0.4 is 0 Å². The second-order valence-corrected chi connectivity index (χ2v) is 10.2. The van der Waals surface area contributed by atoms with Gasteiger partial charge in [0, 0.05) is 24.8 Å². The van der Waals surface area contributed by atoms with Crippen molar-refractivity contribution in [3.05, 3.63) is 161 Å². The zero-order valence-corrected chi connectivity index (χ0v) is 21.9. The van der Waals surface area contributed by atoms with E-state index in [0.717, 1.165) is 36.1 Å². The summed E-state index contributed by atoms with van der Waals surface area (Å²) >= 11 is 0. The van der Waals surface area contributed by atoms with Crippen LogP contribution in [0, 0.1) is 0 Å². The third-order valence-electron chi connectivity index (χ3n) is 7.71. The van der Waals surface area contributed by atoms with Crippen molar-refractivity contribution in [2.24, 2.45) is 0 Å². The Labute approximate surface area is 229 Å². The Morgan fingerprint density at radius 3 is 1.92 bits per heavy atom. The topological polar surface area (TPSA) is 44.1 Å². The second kappa shape index (κ2) is 11.2. The smallest absolute Gasteiger partial charge is 0.165 e. The van der Waals surface area contributed by atoms with Crippen LogP contribution in [0.15, 0.2) is 128 Å². The highest BCUT2D eigenvalue weighted by Gasteiger charge is 2.38. The number of carbonyl (C=O) groups is 1. The summed E-state index contributed by atoms with van der Waals surface area (Å²) in [5.41, 5.74) is 5.95. The molecule has 1 atom stereocenters. The first-order valence-corrected chi connectivity index (χ1v) is 13.7. The number of rotatable bonds is 9. The maximum Gasteiger partial charge on any atom is 0.165 e. The van der Waals surface area contributed by atoms with Crippen molar-refractivity contribution in [3.8, 4) is 0 Å². The lowest BCUT2D eigenvalue weighted by Crippen LogP contribution is -2.36. The van der Waals surface area contributed by atoms with Gasteiger partial charge in [-0.1, -0.05) is 115 Å². The van der Waals surface area contributed by atoms with E-state index in [0.29, 0.717) is 13.0 Å². The molecular formula is C35H32N2O2. The molecule has 39 heavy (non-hydrogen) atoms. The van der Waals surface area contributed by atoms with Crippen LogP contribution in [-0.4, -0.2) is 28.0 Å². The van der Waals surface area contributed by atoms with Gasteiger partial charge < -0.3 is 9.30 Å². The van der Waals surface area contributed by atoms with Crippen LogP contribution in [0.2, 0.25) is 0 Å². The average molecular weight is 513 g/mol. The molecular weight excluding hydrogens is 480 g/mol. The molecule has 1 unspecified atom stereocenters. The van der Waals surface area contributed by atoms with Crippen molar-refractivity contribution in [1.29, 1.82) is 0 Å². The van der Waals surface area contributed by atoms with Crippen molar-refractivity contribution in [2.75, 3.05) is 6.61 Å². The highest BCUT2D eigenvalue weighted by atomic mass is 16.5. The number of benzene rings is 4. The molecule has 194 valence electrons. The van der Waals surface area contributed by atoms with E-state index in [4.69, 9.17) is 9.72 Å². The molecule has 0 bridgehead atoms. The van der Waals surface area contributed by atoms with Gasteiger partial charge >= 0.3 is 0 Å². The molecule has 1 aromatic heterocycles. The minimum Gasteiger partial charge on any atom is -0.377 e. The van der Waals surface area contributed by atoms with Crippen LogP contribution >= 0.6 is 0 Å². The number of aryl methyl sites for hydroxylation is 1. The van der Waals surface area contributed by atoms with Gasteiger partial charge in [0.15, 0.2) is 5.78 Å². The summed E-state index contributed by atoms with van der Waals surface area (Å²) in [5, 5.41) is 0. The van der Waals surface area contributed by atoms with Crippen LogP contribution in [0.1, 0.15) is 51.1 Å². The standard InChI is InChI=1S/C35H32N2O2/c38-34-24-32(23-27-13-10-11-21-33(27)34)39-22-12-20-31-25-37(26-36-31)35(28-14-4-1-5-15-28,29-16-6-2-7-17-29)30-18-8-3-9-19-30/h1-11,13-19,21,25-26,32H,12,20,22-24H2. The van der Waals surface area contributed by atoms with E-state index in [1.54, 1.807) is 0 Å². The van der Waals surface area contributed by atoms with E-state index >= 15 is 0 Å². The lowest BCUT2D eigenvalue weighted by atomic mass is 9.77. The molecule has 0 saturated heterocycles. The third-order valence-corrected chi connectivity index (χ3v) is 7.71. The summed E-state index contributed by atoms with van der Waals surface area (Å²) in [7, 11) is 0. The average Bonchev–Trinajstić information content (AvgIpc) is 3.47. The van der Waals surface area contributed by atoms with Crippen LogP contribution in [-0.2, 0) is 23.1 Å².